The van der Waals surface area contributed by atoms with Gasteiger partial charge in [0.1, 0.15) is 0 Å². The lowest BCUT2D eigenvalue weighted by atomic mass is 10.1. The Balaban J connectivity index is 1.71. The number of rotatable bonds is 9. The molecule has 1 heterocycles. The third-order valence-electron chi connectivity index (χ3n) is 5.89. The van der Waals surface area contributed by atoms with Gasteiger partial charge in [-0.1, -0.05) is 78.3 Å². The molecule has 1 aromatic heterocycles. The van der Waals surface area contributed by atoms with Crippen molar-refractivity contribution in [2.24, 2.45) is 0 Å². The minimum Gasteiger partial charge on any atom is -0.352 e. The third-order valence-corrected chi connectivity index (χ3v) is 6.86. The average molecular weight is 500 g/mol. The number of nitrogens with zero attached hydrogens (tertiary/aromatic N) is 2. The van der Waals surface area contributed by atoms with Crippen molar-refractivity contribution in [3.05, 3.63) is 105 Å². The molecule has 0 spiro atoms. The zero-order chi connectivity index (χ0) is 25.7. The summed E-state index contributed by atoms with van der Waals surface area (Å²) in [7, 11) is 0. The summed E-state index contributed by atoms with van der Waals surface area (Å²) in [6.45, 7) is 6.88. The number of carbonyl (C=O) groups excluding carboxylic acids is 2. The summed E-state index contributed by atoms with van der Waals surface area (Å²) in [5.74, 6) is -0.0944. The maximum absolute atomic E-state index is 13.6. The van der Waals surface area contributed by atoms with E-state index in [1.54, 1.807) is 22.8 Å². The van der Waals surface area contributed by atoms with Crippen molar-refractivity contribution in [2.75, 3.05) is 12.3 Å². The van der Waals surface area contributed by atoms with Gasteiger partial charge < -0.3 is 5.32 Å². The first kappa shape index (κ1) is 25.4. The molecule has 0 saturated heterocycles. The number of ketones is 1. The molecular weight excluding hydrogens is 470 g/mol. The lowest BCUT2D eigenvalue weighted by molar-refractivity contribution is 0.0952. The molecule has 4 aromatic rings. The Kier molecular flexibility index (Phi) is 8.00. The Bertz CT molecular complexity index is 1460. The fraction of sp³-hybridized carbons (Fsp3) is 0.241. The largest absolute Gasteiger partial charge is 0.352 e. The summed E-state index contributed by atoms with van der Waals surface area (Å²) in [4.78, 5) is 43.6. The van der Waals surface area contributed by atoms with Crippen molar-refractivity contribution in [3.8, 4) is 0 Å². The van der Waals surface area contributed by atoms with Crippen LogP contribution in [0.1, 0.15) is 50.8 Å². The van der Waals surface area contributed by atoms with Gasteiger partial charge in [-0.2, -0.15) is 0 Å². The number of hydrogen-bond donors (Lipinski definition) is 1. The van der Waals surface area contributed by atoms with Crippen molar-refractivity contribution in [3.63, 3.8) is 0 Å². The fourth-order valence-corrected chi connectivity index (χ4v) is 4.65. The predicted molar refractivity (Wildman–Crippen MR) is 145 cm³/mol. The van der Waals surface area contributed by atoms with E-state index in [9.17, 15) is 14.4 Å². The zero-order valence-electron chi connectivity index (χ0n) is 20.7. The fourth-order valence-electron chi connectivity index (χ4n) is 3.76. The molecule has 0 atom stereocenters. The standard InChI is InChI=1S/C29H29N3O3S/c1-4-15-30-27(34)23-13-14-24-25(16-23)31-29(36-18-26(33)22-11-7-20(3)8-12-22)32(28(24)35)17-21-9-5-19(2)6-10-21/h5-14,16H,4,15,17-18H2,1-3H3,(H,30,34). The van der Waals surface area contributed by atoms with Gasteiger partial charge in [0, 0.05) is 17.7 Å². The molecule has 0 aliphatic carbocycles. The molecule has 0 fully saturated rings. The molecule has 1 amide bonds. The molecule has 6 nitrogen and oxygen atoms in total. The first-order chi connectivity index (χ1) is 17.4. The summed E-state index contributed by atoms with van der Waals surface area (Å²) in [5, 5.41) is 3.73. The highest BCUT2D eigenvalue weighted by molar-refractivity contribution is 7.99. The first-order valence-corrected chi connectivity index (χ1v) is 12.9. The van der Waals surface area contributed by atoms with Gasteiger partial charge in [-0.05, 0) is 44.0 Å². The van der Waals surface area contributed by atoms with Crippen LogP contribution in [0.25, 0.3) is 10.9 Å². The number of Topliss-reactive ketones (excluding diaryl/α,β-unsaturated/α-hetero) is 1. The second kappa shape index (κ2) is 11.4. The van der Waals surface area contributed by atoms with Gasteiger partial charge >= 0.3 is 0 Å². The van der Waals surface area contributed by atoms with Crippen LogP contribution < -0.4 is 10.9 Å². The third kappa shape index (κ3) is 5.91. The minimum atomic E-state index is -0.202. The molecule has 0 aliphatic heterocycles. The van der Waals surface area contributed by atoms with Crippen molar-refractivity contribution < 1.29 is 9.59 Å². The van der Waals surface area contributed by atoms with Crippen LogP contribution in [-0.4, -0.2) is 33.5 Å². The van der Waals surface area contributed by atoms with E-state index in [1.807, 2.05) is 69.3 Å². The monoisotopic (exact) mass is 499 g/mol. The van der Waals surface area contributed by atoms with Crippen LogP contribution in [0.15, 0.2) is 76.7 Å². The van der Waals surface area contributed by atoms with Gasteiger partial charge in [-0.25, -0.2) is 4.98 Å². The molecule has 0 aliphatic rings. The summed E-state index contributed by atoms with van der Waals surface area (Å²) in [5.41, 5.74) is 4.49. The van der Waals surface area contributed by atoms with Gasteiger partial charge in [0.15, 0.2) is 10.9 Å². The number of benzene rings is 3. The number of aryl methyl sites for hydroxylation is 2. The number of carbonyl (C=O) groups is 2. The van der Waals surface area contributed by atoms with Crippen molar-refractivity contribution in [1.29, 1.82) is 0 Å². The first-order valence-electron chi connectivity index (χ1n) is 12.0. The van der Waals surface area contributed by atoms with Crippen LogP contribution in [0, 0.1) is 13.8 Å². The Morgan fingerprint density at radius 1 is 0.917 bits per heavy atom. The number of fused-ring (bicyclic) bond motifs is 1. The topological polar surface area (TPSA) is 81.1 Å². The Morgan fingerprint density at radius 3 is 2.22 bits per heavy atom. The summed E-state index contributed by atoms with van der Waals surface area (Å²) >= 11 is 1.24. The highest BCUT2D eigenvalue weighted by atomic mass is 32.2. The van der Waals surface area contributed by atoms with Gasteiger partial charge in [-0.15, -0.1) is 0 Å². The number of amides is 1. The molecule has 0 unspecified atom stereocenters. The maximum atomic E-state index is 13.6. The zero-order valence-corrected chi connectivity index (χ0v) is 21.5. The molecular formula is C29H29N3O3S. The normalized spacial score (nSPS) is 11.0. The molecule has 36 heavy (non-hydrogen) atoms. The average Bonchev–Trinajstić information content (AvgIpc) is 2.89. The highest BCUT2D eigenvalue weighted by Gasteiger charge is 2.16. The molecule has 1 N–H and O–H groups in total. The van der Waals surface area contributed by atoms with E-state index >= 15 is 0 Å². The van der Waals surface area contributed by atoms with Crippen LogP contribution in [0.3, 0.4) is 0 Å². The summed E-state index contributed by atoms with van der Waals surface area (Å²) < 4.78 is 1.61. The van der Waals surface area contributed by atoms with E-state index in [4.69, 9.17) is 4.98 Å². The van der Waals surface area contributed by atoms with Crippen LogP contribution in [0.4, 0.5) is 0 Å². The molecule has 0 saturated carbocycles. The van der Waals surface area contributed by atoms with Crippen LogP contribution >= 0.6 is 11.8 Å². The van der Waals surface area contributed by atoms with Crippen LogP contribution in [-0.2, 0) is 6.54 Å². The van der Waals surface area contributed by atoms with Gasteiger partial charge in [0.2, 0.25) is 0 Å². The molecule has 3 aromatic carbocycles. The Morgan fingerprint density at radius 2 is 1.56 bits per heavy atom. The number of nitrogens with one attached hydrogen (secondary N) is 1. The lowest BCUT2D eigenvalue weighted by Gasteiger charge is -2.14. The number of aromatic nitrogens is 2. The van der Waals surface area contributed by atoms with Crippen LogP contribution in [0.5, 0.6) is 0 Å². The number of thioether (sulfide) groups is 1. The Hall–Kier alpha value is -3.71. The van der Waals surface area contributed by atoms with Gasteiger partial charge in [0.25, 0.3) is 11.5 Å². The van der Waals surface area contributed by atoms with E-state index in [0.29, 0.717) is 40.3 Å². The molecule has 184 valence electrons. The molecule has 0 bridgehead atoms. The summed E-state index contributed by atoms with van der Waals surface area (Å²) in [6.07, 6.45) is 0.830. The quantitative estimate of drug-likeness (QED) is 0.195. The highest BCUT2D eigenvalue weighted by Crippen LogP contribution is 2.21. The van der Waals surface area contributed by atoms with E-state index in [0.717, 1.165) is 23.1 Å². The molecule has 4 rings (SSSR count). The second-order valence-corrected chi connectivity index (χ2v) is 9.78. The van der Waals surface area contributed by atoms with Crippen molar-refractivity contribution >= 4 is 34.4 Å². The van der Waals surface area contributed by atoms with Crippen molar-refractivity contribution in [2.45, 2.75) is 38.9 Å². The van der Waals surface area contributed by atoms with Gasteiger partial charge in [-0.3, -0.25) is 19.0 Å². The van der Waals surface area contributed by atoms with E-state index in [2.05, 4.69) is 5.32 Å². The molecule has 7 heteroatoms. The van der Waals surface area contributed by atoms with Crippen LogP contribution in [0.2, 0.25) is 0 Å². The number of hydrogen-bond acceptors (Lipinski definition) is 5. The summed E-state index contributed by atoms with van der Waals surface area (Å²) in [6, 6.07) is 20.4. The van der Waals surface area contributed by atoms with Crippen molar-refractivity contribution in [1.82, 2.24) is 14.9 Å². The van der Waals surface area contributed by atoms with Gasteiger partial charge in [0.05, 0.1) is 23.2 Å². The SMILES string of the molecule is CCCNC(=O)c1ccc2c(=O)n(Cc3ccc(C)cc3)c(SCC(=O)c3ccc(C)cc3)nc2c1. The maximum Gasteiger partial charge on any atom is 0.262 e. The second-order valence-electron chi connectivity index (χ2n) is 8.84. The van der Waals surface area contributed by atoms with E-state index in [1.165, 1.54) is 11.8 Å². The molecule has 0 radical (unpaired) electrons. The Labute approximate surface area is 214 Å². The lowest BCUT2D eigenvalue weighted by Crippen LogP contribution is -2.26. The minimum absolute atomic E-state index is 0.0380. The van der Waals surface area contributed by atoms with E-state index < -0.39 is 0 Å². The van der Waals surface area contributed by atoms with E-state index in [-0.39, 0.29) is 23.0 Å². The predicted octanol–water partition coefficient (Wildman–Crippen LogP) is 5.18. The smallest absolute Gasteiger partial charge is 0.262 e.